The zero-order valence-corrected chi connectivity index (χ0v) is 10.7. The molecular weight excluding hydrogens is 200 g/mol. The van der Waals surface area contributed by atoms with Crippen LogP contribution in [0.2, 0.25) is 0 Å². The summed E-state index contributed by atoms with van der Waals surface area (Å²) in [5, 5.41) is 0. The van der Waals surface area contributed by atoms with Crippen molar-refractivity contribution in [1.82, 2.24) is 4.90 Å². The van der Waals surface area contributed by atoms with Gasteiger partial charge in [-0.3, -0.25) is 4.90 Å². The van der Waals surface area contributed by atoms with Crippen LogP contribution in [0, 0.1) is 11.8 Å². The maximum Gasteiger partial charge on any atom is 0.0593 e. The minimum Gasteiger partial charge on any atom is -0.380 e. The van der Waals surface area contributed by atoms with E-state index in [2.05, 4.69) is 18.7 Å². The Kier molecular flexibility index (Phi) is 3.88. The summed E-state index contributed by atoms with van der Waals surface area (Å²) in [4.78, 5) is 2.60. The van der Waals surface area contributed by atoms with Gasteiger partial charge in [0, 0.05) is 31.8 Å². The molecule has 0 aromatic carbocycles. The molecule has 0 atom stereocenters. The number of rotatable bonds is 3. The second kappa shape index (κ2) is 5.03. The summed E-state index contributed by atoms with van der Waals surface area (Å²) >= 11 is 0. The third-order valence-corrected chi connectivity index (χ3v) is 4.50. The molecule has 3 heteroatoms. The largest absolute Gasteiger partial charge is 0.380 e. The molecule has 1 heterocycles. The number of hydrogen-bond acceptors (Lipinski definition) is 3. The van der Waals surface area contributed by atoms with Crippen LogP contribution >= 0.6 is 0 Å². The van der Waals surface area contributed by atoms with Gasteiger partial charge in [-0.2, -0.15) is 0 Å². The molecule has 2 fully saturated rings. The third kappa shape index (κ3) is 2.27. The summed E-state index contributed by atoms with van der Waals surface area (Å²) in [5.41, 5.74) is 6.34. The van der Waals surface area contributed by atoms with Crippen LogP contribution in [0.25, 0.3) is 0 Å². The van der Waals surface area contributed by atoms with E-state index in [0.717, 1.165) is 44.6 Å². The van der Waals surface area contributed by atoms with Gasteiger partial charge in [0.05, 0.1) is 6.61 Å². The van der Waals surface area contributed by atoms with Crippen LogP contribution in [0.1, 0.15) is 33.1 Å². The van der Waals surface area contributed by atoms with Crippen LogP contribution in [0.5, 0.6) is 0 Å². The van der Waals surface area contributed by atoms with Crippen molar-refractivity contribution in [3.8, 4) is 0 Å². The van der Waals surface area contributed by atoms with Gasteiger partial charge in [0.15, 0.2) is 0 Å². The van der Waals surface area contributed by atoms with E-state index in [1.165, 1.54) is 19.4 Å². The summed E-state index contributed by atoms with van der Waals surface area (Å²) < 4.78 is 5.52. The Hall–Kier alpha value is -0.120. The highest BCUT2D eigenvalue weighted by Crippen LogP contribution is 2.45. The monoisotopic (exact) mass is 226 g/mol. The molecule has 1 aliphatic heterocycles. The fourth-order valence-electron chi connectivity index (χ4n) is 3.16. The van der Waals surface area contributed by atoms with Gasteiger partial charge in [-0.05, 0) is 31.1 Å². The Balaban J connectivity index is 1.94. The highest BCUT2D eigenvalue weighted by Gasteiger charge is 2.47. The SMILES string of the molecule is CC(C)C1CC(CN)(N2CCCOCC2)C1. The van der Waals surface area contributed by atoms with E-state index in [4.69, 9.17) is 10.5 Å². The van der Waals surface area contributed by atoms with Crippen LogP contribution in [-0.4, -0.2) is 43.3 Å². The van der Waals surface area contributed by atoms with Crippen molar-refractivity contribution in [1.29, 1.82) is 0 Å². The number of hydrogen-bond donors (Lipinski definition) is 1. The lowest BCUT2D eigenvalue weighted by Gasteiger charge is -2.55. The standard InChI is InChI=1S/C13H26N2O/c1-11(2)12-8-13(9-12,10-14)15-4-3-6-16-7-5-15/h11-12H,3-10,14H2,1-2H3. The summed E-state index contributed by atoms with van der Waals surface area (Å²) in [6, 6.07) is 0. The van der Waals surface area contributed by atoms with Gasteiger partial charge >= 0.3 is 0 Å². The molecule has 3 nitrogen and oxygen atoms in total. The Morgan fingerprint density at radius 1 is 1.31 bits per heavy atom. The maximum atomic E-state index is 6.03. The Morgan fingerprint density at radius 2 is 2.06 bits per heavy atom. The molecule has 2 rings (SSSR count). The van der Waals surface area contributed by atoms with E-state index in [-0.39, 0.29) is 0 Å². The van der Waals surface area contributed by atoms with Crippen molar-refractivity contribution in [3.05, 3.63) is 0 Å². The van der Waals surface area contributed by atoms with Crippen molar-refractivity contribution >= 4 is 0 Å². The van der Waals surface area contributed by atoms with Crippen LogP contribution in [0.3, 0.4) is 0 Å². The lowest BCUT2D eigenvalue weighted by Crippen LogP contribution is -2.63. The molecular formula is C13H26N2O. The summed E-state index contributed by atoms with van der Waals surface area (Å²) in [6.45, 7) is 9.52. The van der Waals surface area contributed by atoms with Gasteiger partial charge < -0.3 is 10.5 Å². The van der Waals surface area contributed by atoms with E-state index in [9.17, 15) is 0 Å². The van der Waals surface area contributed by atoms with E-state index in [0.29, 0.717) is 5.54 Å². The maximum absolute atomic E-state index is 6.03. The fraction of sp³-hybridized carbons (Fsp3) is 1.00. The van der Waals surface area contributed by atoms with E-state index in [1.54, 1.807) is 0 Å². The van der Waals surface area contributed by atoms with Crippen LogP contribution < -0.4 is 5.73 Å². The Morgan fingerprint density at radius 3 is 2.69 bits per heavy atom. The van der Waals surface area contributed by atoms with Gasteiger partial charge in [-0.15, -0.1) is 0 Å². The van der Waals surface area contributed by atoms with Crippen LogP contribution in [0.4, 0.5) is 0 Å². The predicted octanol–water partition coefficient (Wildman–Crippen LogP) is 1.47. The minimum atomic E-state index is 0.308. The molecule has 1 saturated heterocycles. The predicted molar refractivity (Wildman–Crippen MR) is 66.4 cm³/mol. The lowest BCUT2D eigenvalue weighted by atomic mass is 9.63. The highest BCUT2D eigenvalue weighted by atomic mass is 16.5. The first-order valence-corrected chi connectivity index (χ1v) is 6.71. The molecule has 0 unspecified atom stereocenters. The smallest absolute Gasteiger partial charge is 0.0593 e. The van der Waals surface area contributed by atoms with Crippen LogP contribution in [-0.2, 0) is 4.74 Å². The molecule has 0 radical (unpaired) electrons. The van der Waals surface area contributed by atoms with Gasteiger partial charge in [0.2, 0.25) is 0 Å². The van der Waals surface area contributed by atoms with Crippen molar-refractivity contribution in [3.63, 3.8) is 0 Å². The highest BCUT2D eigenvalue weighted by molar-refractivity contribution is 5.04. The van der Waals surface area contributed by atoms with E-state index >= 15 is 0 Å². The van der Waals surface area contributed by atoms with Gasteiger partial charge in [0.1, 0.15) is 0 Å². The second-order valence-electron chi connectivity index (χ2n) is 5.79. The van der Waals surface area contributed by atoms with Crippen molar-refractivity contribution in [2.24, 2.45) is 17.6 Å². The first kappa shape index (κ1) is 12.3. The molecule has 16 heavy (non-hydrogen) atoms. The van der Waals surface area contributed by atoms with Gasteiger partial charge in [-0.1, -0.05) is 13.8 Å². The molecule has 94 valence electrons. The minimum absolute atomic E-state index is 0.308. The molecule has 1 aliphatic carbocycles. The molecule has 2 N–H and O–H groups in total. The molecule has 0 aromatic heterocycles. The Bertz CT molecular complexity index is 216. The first-order valence-electron chi connectivity index (χ1n) is 6.71. The van der Waals surface area contributed by atoms with Crippen molar-refractivity contribution in [2.45, 2.75) is 38.6 Å². The van der Waals surface area contributed by atoms with E-state index < -0.39 is 0 Å². The molecule has 1 saturated carbocycles. The number of nitrogens with zero attached hydrogens (tertiary/aromatic N) is 1. The lowest BCUT2D eigenvalue weighted by molar-refractivity contribution is -0.0353. The third-order valence-electron chi connectivity index (χ3n) is 4.50. The number of nitrogens with two attached hydrogens (primary N) is 1. The zero-order chi connectivity index (χ0) is 11.6. The quantitative estimate of drug-likeness (QED) is 0.792. The normalized spacial score (nSPS) is 37.1. The molecule has 2 aliphatic rings. The topological polar surface area (TPSA) is 38.5 Å². The molecule has 0 spiro atoms. The fourth-order valence-corrected chi connectivity index (χ4v) is 3.16. The summed E-state index contributed by atoms with van der Waals surface area (Å²) in [5.74, 6) is 1.69. The van der Waals surface area contributed by atoms with E-state index in [1.807, 2.05) is 0 Å². The first-order chi connectivity index (χ1) is 7.68. The molecule has 0 aromatic rings. The van der Waals surface area contributed by atoms with Crippen LogP contribution in [0.15, 0.2) is 0 Å². The second-order valence-corrected chi connectivity index (χ2v) is 5.79. The number of ether oxygens (including phenoxy) is 1. The molecule has 0 amide bonds. The summed E-state index contributed by atoms with van der Waals surface area (Å²) in [7, 11) is 0. The van der Waals surface area contributed by atoms with Gasteiger partial charge in [-0.25, -0.2) is 0 Å². The van der Waals surface area contributed by atoms with Gasteiger partial charge in [0.25, 0.3) is 0 Å². The van der Waals surface area contributed by atoms with Crippen molar-refractivity contribution in [2.75, 3.05) is 32.8 Å². The average molecular weight is 226 g/mol. The molecule has 0 bridgehead atoms. The zero-order valence-electron chi connectivity index (χ0n) is 10.7. The van der Waals surface area contributed by atoms with Crippen molar-refractivity contribution < 1.29 is 4.74 Å². The Labute approximate surface area is 99.3 Å². The summed E-state index contributed by atoms with van der Waals surface area (Å²) in [6.07, 6.45) is 3.75. The average Bonchev–Trinajstić information content (AvgIpc) is 2.45.